The third-order valence-corrected chi connectivity index (χ3v) is 2.80. The molecule has 3 N–H and O–H groups in total. The lowest BCUT2D eigenvalue weighted by Crippen LogP contribution is -2.44. The first-order valence-corrected chi connectivity index (χ1v) is 6.57. The minimum atomic E-state index is -0.409. The molecule has 0 fully saturated rings. The van der Waals surface area contributed by atoms with Gasteiger partial charge in [-0.15, -0.1) is 0 Å². The van der Waals surface area contributed by atoms with Crippen LogP contribution in [0.1, 0.15) is 10.4 Å². The molecule has 0 atom stereocenters. The first kappa shape index (κ1) is 15.3. The highest BCUT2D eigenvalue weighted by molar-refractivity contribution is 5.95. The molecule has 114 valence electrons. The number of para-hydroxylation sites is 2. The van der Waals surface area contributed by atoms with Gasteiger partial charge in [-0.1, -0.05) is 12.1 Å². The molecule has 7 nitrogen and oxygen atoms in total. The highest BCUT2D eigenvalue weighted by atomic mass is 16.5. The number of hydrogen-bond donors (Lipinski definition) is 3. The standard InChI is InChI=1S/C15H16N4O3/c1-22-13-5-3-2-4-12(13)17-10-14(20)18-19-15(21)11-6-8-16-9-7-11/h2-9,17H,10H2,1H3,(H,18,20)(H,19,21). The maximum absolute atomic E-state index is 11.7. The molecule has 0 aliphatic rings. The van der Waals surface area contributed by atoms with Gasteiger partial charge < -0.3 is 10.1 Å². The molecule has 2 aromatic rings. The fraction of sp³-hybridized carbons (Fsp3) is 0.133. The number of hydrogen-bond acceptors (Lipinski definition) is 5. The number of benzene rings is 1. The minimum Gasteiger partial charge on any atom is -0.495 e. The van der Waals surface area contributed by atoms with Crippen LogP contribution in [0.5, 0.6) is 5.75 Å². The SMILES string of the molecule is COc1ccccc1NCC(=O)NNC(=O)c1ccncc1. The number of nitrogens with zero attached hydrogens (tertiary/aromatic N) is 1. The molecule has 1 aromatic heterocycles. The van der Waals surface area contributed by atoms with Crippen molar-refractivity contribution in [2.45, 2.75) is 0 Å². The van der Waals surface area contributed by atoms with E-state index < -0.39 is 5.91 Å². The summed E-state index contributed by atoms with van der Waals surface area (Å²) in [6.45, 7) is -0.00298. The predicted molar refractivity (Wildman–Crippen MR) is 81.3 cm³/mol. The van der Waals surface area contributed by atoms with Crippen molar-refractivity contribution >= 4 is 17.5 Å². The summed E-state index contributed by atoms with van der Waals surface area (Å²) in [6.07, 6.45) is 3.00. The Balaban J connectivity index is 1.80. The zero-order valence-electron chi connectivity index (χ0n) is 12.0. The molecule has 0 saturated heterocycles. The molecule has 1 heterocycles. The summed E-state index contributed by atoms with van der Waals surface area (Å²) in [5, 5.41) is 2.93. The summed E-state index contributed by atoms with van der Waals surface area (Å²) in [5.41, 5.74) is 5.76. The summed E-state index contributed by atoms with van der Waals surface area (Å²) in [7, 11) is 1.55. The lowest BCUT2D eigenvalue weighted by molar-refractivity contribution is -0.120. The van der Waals surface area contributed by atoms with Gasteiger partial charge in [0.2, 0.25) is 0 Å². The van der Waals surface area contributed by atoms with Crippen molar-refractivity contribution in [1.29, 1.82) is 0 Å². The van der Waals surface area contributed by atoms with Crippen LogP contribution >= 0.6 is 0 Å². The third-order valence-electron chi connectivity index (χ3n) is 2.80. The summed E-state index contributed by atoms with van der Waals surface area (Å²) in [5.74, 6) is -0.155. The molecule has 7 heteroatoms. The lowest BCUT2D eigenvalue weighted by atomic mass is 10.3. The second-order valence-electron chi connectivity index (χ2n) is 4.29. The van der Waals surface area contributed by atoms with Crippen LogP contribution in [-0.4, -0.2) is 30.5 Å². The molecule has 22 heavy (non-hydrogen) atoms. The number of rotatable bonds is 5. The van der Waals surface area contributed by atoms with E-state index in [0.29, 0.717) is 17.0 Å². The molecule has 0 saturated carbocycles. The van der Waals surface area contributed by atoms with Crippen LogP contribution in [0, 0.1) is 0 Å². The zero-order valence-corrected chi connectivity index (χ0v) is 12.0. The number of anilines is 1. The number of carbonyl (C=O) groups is 2. The number of nitrogens with one attached hydrogen (secondary N) is 3. The second kappa shape index (κ2) is 7.63. The number of carbonyl (C=O) groups excluding carboxylic acids is 2. The fourth-order valence-corrected chi connectivity index (χ4v) is 1.71. The van der Waals surface area contributed by atoms with Crippen molar-refractivity contribution < 1.29 is 14.3 Å². The summed E-state index contributed by atoms with van der Waals surface area (Å²) < 4.78 is 5.16. The van der Waals surface area contributed by atoms with Crippen LogP contribution in [0.3, 0.4) is 0 Å². The maximum Gasteiger partial charge on any atom is 0.269 e. The number of amides is 2. The number of pyridine rings is 1. The summed E-state index contributed by atoms with van der Waals surface area (Å²) in [4.78, 5) is 27.3. The Morgan fingerprint density at radius 1 is 1.09 bits per heavy atom. The molecule has 0 spiro atoms. The van der Waals surface area contributed by atoms with Crippen LogP contribution in [0.25, 0.3) is 0 Å². The van der Waals surface area contributed by atoms with Crippen LogP contribution in [-0.2, 0) is 4.79 Å². The number of methoxy groups -OCH3 is 1. The van der Waals surface area contributed by atoms with E-state index in [0.717, 1.165) is 0 Å². The highest BCUT2D eigenvalue weighted by Crippen LogP contribution is 2.22. The van der Waals surface area contributed by atoms with Gasteiger partial charge in [0.25, 0.3) is 11.8 Å². The van der Waals surface area contributed by atoms with Crippen molar-refractivity contribution in [3.05, 3.63) is 54.4 Å². The van der Waals surface area contributed by atoms with Crippen molar-refractivity contribution in [3.8, 4) is 5.75 Å². The normalized spacial score (nSPS) is 9.68. The van der Waals surface area contributed by atoms with Crippen molar-refractivity contribution in [2.75, 3.05) is 19.0 Å². The first-order valence-electron chi connectivity index (χ1n) is 6.57. The molecular formula is C15H16N4O3. The Labute approximate surface area is 127 Å². The molecule has 1 aromatic carbocycles. The minimum absolute atomic E-state index is 0.00298. The van der Waals surface area contributed by atoms with Gasteiger partial charge >= 0.3 is 0 Å². The van der Waals surface area contributed by atoms with Gasteiger partial charge in [-0.05, 0) is 24.3 Å². The number of ether oxygens (including phenoxy) is 1. The topological polar surface area (TPSA) is 92.4 Å². The Morgan fingerprint density at radius 3 is 2.55 bits per heavy atom. The van der Waals surface area contributed by atoms with Gasteiger partial charge in [-0.2, -0.15) is 0 Å². The largest absolute Gasteiger partial charge is 0.495 e. The molecule has 0 aliphatic carbocycles. The van der Waals surface area contributed by atoms with Gasteiger partial charge in [-0.25, -0.2) is 0 Å². The predicted octanol–water partition coefficient (Wildman–Crippen LogP) is 0.963. The molecule has 0 radical (unpaired) electrons. The van der Waals surface area contributed by atoms with Gasteiger partial charge in [0.1, 0.15) is 5.75 Å². The van der Waals surface area contributed by atoms with Crippen LogP contribution in [0.4, 0.5) is 5.69 Å². The molecule has 0 unspecified atom stereocenters. The average molecular weight is 300 g/mol. The first-order chi connectivity index (χ1) is 10.7. The Bertz CT molecular complexity index is 646. The van der Waals surface area contributed by atoms with Crippen LogP contribution < -0.4 is 20.9 Å². The van der Waals surface area contributed by atoms with Gasteiger partial charge in [-0.3, -0.25) is 25.4 Å². The van der Waals surface area contributed by atoms with Crippen LogP contribution in [0.2, 0.25) is 0 Å². The quantitative estimate of drug-likeness (QED) is 0.715. The van der Waals surface area contributed by atoms with E-state index in [4.69, 9.17) is 4.74 Å². The number of hydrazine groups is 1. The van der Waals surface area contributed by atoms with Gasteiger partial charge in [0.05, 0.1) is 19.3 Å². The van der Waals surface area contributed by atoms with Crippen molar-refractivity contribution in [1.82, 2.24) is 15.8 Å². The summed E-state index contributed by atoms with van der Waals surface area (Å²) in [6, 6.07) is 10.3. The fourth-order valence-electron chi connectivity index (χ4n) is 1.71. The van der Waals surface area contributed by atoms with E-state index in [2.05, 4.69) is 21.2 Å². The van der Waals surface area contributed by atoms with E-state index in [-0.39, 0.29) is 12.5 Å². The van der Waals surface area contributed by atoms with E-state index >= 15 is 0 Å². The highest BCUT2D eigenvalue weighted by Gasteiger charge is 2.07. The Morgan fingerprint density at radius 2 is 1.82 bits per heavy atom. The van der Waals surface area contributed by atoms with Crippen molar-refractivity contribution in [2.24, 2.45) is 0 Å². The molecule has 0 bridgehead atoms. The molecule has 2 amide bonds. The zero-order chi connectivity index (χ0) is 15.8. The Kier molecular flexibility index (Phi) is 5.31. The third kappa shape index (κ3) is 4.20. The molecule has 0 aliphatic heterocycles. The average Bonchev–Trinajstić information content (AvgIpc) is 2.58. The van der Waals surface area contributed by atoms with Gasteiger partial charge in [0, 0.05) is 18.0 Å². The van der Waals surface area contributed by atoms with E-state index in [9.17, 15) is 9.59 Å². The van der Waals surface area contributed by atoms with Crippen LogP contribution in [0.15, 0.2) is 48.8 Å². The maximum atomic E-state index is 11.7. The van der Waals surface area contributed by atoms with E-state index in [1.54, 1.807) is 31.4 Å². The summed E-state index contributed by atoms with van der Waals surface area (Å²) >= 11 is 0. The monoisotopic (exact) mass is 300 g/mol. The van der Waals surface area contributed by atoms with E-state index in [1.165, 1.54) is 12.4 Å². The molecule has 2 rings (SSSR count). The van der Waals surface area contributed by atoms with Gasteiger partial charge in [0.15, 0.2) is 0 Å². The van der Waals surface area contributed by atoms with E-state index in [1.807, 2.05) is 12.1 Å². The second-order valence-corrected chi connectivity index (χ2v) is 4.29. The number of aromatic nitrogens is 1. The lowest BCUT2D eigenvalue weighted by Gasteiger charge is -2.11. The van der Waals surface area contributed by atoms with Crippen molar-refractivity contribution in [3.63, 3.8) is 0 Å². The smallest absolute Gasteiger partial charge is 0.269 e. The Hall–Kier alpha value is -3.09. The molecular weight excluding hydrogens is 284 g/mol.